The normalized spacial score (nSPS) is 16.0. The highest BCUT2D eigenvalue weighted by Gasteiger charge is 2.21. The zero-order valence-corrected chi connectivity index (χ0v) is 14.2. The van der Waals surface area contributed by atoms with Gasteiger partial charge >= 0.3 is 0 Å². The van der Waals surface area contributed by atoms with Crippen LogP contribution in [0.4, 0.5) is 5.95 Å². The maximum atomic E-state index is 12.4. The van der Waals surface area contributed by atoms with Gasteiger partial charge in [0.05, 0.1) is 17.9 Å². The lowest BCUT2D eigenvalue weighted by Crippen LogP contribution is -2.35. The van der Waals surface area contributed by atoms with Crippen molar-refractivity contribution < 1.29 is 9.53 Å². The molecule has 0 unspecified atom stereocenters. The van der Waals surface area contributed by atoms with Crippen molar-refractivity contribution in [2.75, 3.05) is 32.1 Å². The Hall–Kier alpha value is -2.63. The van der Waals surface area contributed by atoms with Crippen molar-refractivity contribution in [3.05, 3.63) is 47.3 Å². The summed E-state index contributed by atoms with van der Waals surface area (Å²) in [4.78, 5) is 22.8. The molecule has 126 valence electrons. The van der Waals surface area contributed by atoms with Gasteiger partial charge < -0.3 is 15.0 Å². The number of nitrogens with zero attached hydrogens (tertiary/aromatic N) is 3. The number of amides is 1. The predicted molar refractivity (Wildman–Crippen MR) is 92.6 cm³/mol. The summed E-state index contributed by atoms with van der Waals surface area (Å²) in [5.74, 6) is 1.67. The van der Waals surface area contributed by atoms with Crippen molar-refractivity contribution in [2.45, 2.75) is 13.3 Å². The first kappa shape index (κ1) is 16.2. The van der Waals surface area contributed by atoms with Gasteiger partial charge in [0.1, 0.15) is 5.75 Å². The summed E-state index contributed by atoms with van der Waals surface area (Å²) >= 11 is 0. The number of carbonyl (C=O) groups is 1. The number of ether oxygens (including phenoxy) is 1. The maximum Gasteiger partial charge on any atom is 0.254 e. The third-order valence-electron chi connectivity index (χ3n) is 4.12. The van der Waals surface area contributed by atoms with E-state index in [1.54, 1.807) is 6.20 Å². The molecule has 1 N–H and O–H groups in total. The topological polar surface area (TPSA) is 67.4 Å². The number of nitrogens with one attached hydrogen (secondary N) is 1. The molecule has 24 heavy (non-hydrogen) atoms. The molecule has 6 nitrogen and oxygen atoms in total. The number of aryl methyl sites for hydroxylation is 1. The van der Waals surface area contributed by atoms with Crippen LogP contribution in [0.3, 0.4) is 0 Å². The Kier molecular flexibility index (Phi) is 4.64. The highest BCUT2D eigenvalue weighted by Crippen LogP contribution is 2.26. The van der Waals surface area contributed by atoms with E-state index in [1.807, 2.05) is 44.1 Å². The average Bonchev–Trinajstić information content (AvgIpc) is 2.59. The smallest absolute Gasteiger partial charge is 0.254 e. The van der Waals surface area contributed by atoms with Crippen molar-refractivity contribution in [1.29, 1.82) is 0 Å². The summed E-state index contributed by atoms with van der Waals surface area (Å²) in [6, 6.07) is 8.04. The number of anilines is 1. The number of aromatic nitrogens is 2. The summed E-state index contributed by atoms with van der Waals surface area (Å²) < 4.78 is 5.76. The summed E-state index contributed by atoms with van der Waals surface area (Å²) in [5, 5.41) is 2.98. The maximum absolute atomic E-state index is 12.4. The summed E-state index contributed by atoms with van der Waals surface area (Å²) in [6.45, 7) is 3.01. The van der Waals surface area contributed by atoms with Gasteiger partial charge in [-0.25, -0.2) is 9.97 Å². The number of rotatable bonds is 4. The highest BCUT2D eigenvalue weighted by atomic mass is 16.5. The van der Waals surface area contributed by atoms with E-state index in [4.69, 9.17) is 4.74 Å². The molecule has 1 aromatic carbocycles. The first-order valence-electron chi connectivity index (χ1n) is 8.04. The molecule has 0 bridgehead atoms. The van der Waals surface area contributed by atoms with Crippen LogP contribution in [0.15, 0.2) is 30.5 Å². The minimum Gasteiger partial charge on any atom is -0.493 e. The van der Waals surface area contributed by atoms with Gasteiger partial charge in [-0.1, -0.05) is 18.2 Å². The van der Waals surface area contributed by atoms with E-state index >= 15 is 0 Å². The molecule has 1 aromatic heterocycles. The number of benzene rings is 1. The molecule has 1 amide bonds. The molecule has 0 aliphatic carbocycles. The van der Waals surface area contributed by atoms with Crippen LogP contribution in [0.5, 0.6) is 5.75 Å². The van der Waals surface area contributed by atoms with Crippen LogP contribution < -0.4 is 15.0 Å². The Morgan fingerprint density at radius 1 is 1.38 bits per heavy atom. The Morgan fingerprint density at radius 3 is 2.92 bits per heavy atom. The standard InChI is InChI=1S/C18H22N4O2/c1-12-15(10-20-18(21-12)22(2)3)17(23)19-9-13-8-14-6-4-5-7-16(14)24-11-13/h4-7,10,13H,8-9,11H2,1-3H3,(H,19,23)/t13-/m0/s1. The molecule has 1 aliphatic rings. The first-order valence-corrected chi connectivity index (χ1v) is 8.04. The van der Waals surface area contributed by atoms with Gasteiger partial charge in [-0.05, 0) is 25.0 Å². The summed E-state index contributed by atoms with van der Waals surface area (Å²) in [7, 11) is 3.74. The van der Waals surface area contributed by atoms with Crippen LogP contribution in [-0.4, -0.2) is 43.1 Å². The van der Waals surface area contributed by atoms with E-state index in [1.165, 1.54) is 5.56 Å². The monoisotopic (exact) mass is 326 g/mol. The van der Waals surface area contributed by atoms with Crippen LogP contribution in [0.2, 0.25) is 0 Å². The minimum absolute atomic E-state index is 0.142. The fraction of sp³-hybridized carbons (Fsp3) is 0.389. The fourth-order valence-corrected chi connectivity index (χ4v) is 2.75. The van der Waals surface area contributed by atoms with Gasteiger partial charge in [0.15, 0.2) is 0 Å². The number of para-hydroxylation sites is 1. The van der Waals surface area contributed by atoms with Gasteiger partial charge in [0.25, 0.3) is 5.91 Å². The van der Waals surface area contributed by atoms with Crippen LogP contribution in [0.1, 0.15) is 21.6 Å². The third kappa shape index (κ3) is 3.48. The molecule has 0 radical (unpaired) electrons. The van der Waals surface area contributed by atoms with Gasteiger partial charge in [0.2, 0.25) is 5.95 Å². The molecule has 0 spiro atoms. The molecular weight excluding hydrogens is 304 g/mol. The third-order valence-corrected chi connectivity index (χ3v) is 4.12. The van der Waals surface area contributed by atoms with Crippen LogP contribution in [-0.2, 0) is 6.42 Å². The quantitative estimate of drug-likeness (QED) is 0.928. The van der Waals surface area contributed by atoms with Crippen LogP contribution >= 0.6 is 0 Å². The van der Waals surface area contributed by atoms with Crippen molar-refractivity contribution in [3.63, 3.8) is 0 Å². The molecule has 0 saturated heterocycles. The Morgan fingerprint density at radius 2 is 2.17 bits per heavy atom. The molecule has 3 rings (SSSR count). The summed E-state index contributed by atoms with van der Waals surface area (Å²) in [5.41, 5.74) is 2.38. The zero-order valence-electron chi connectivity index (χ0n) is 14.2. The lowest BCUT2D eigenvalue weighted by atomic mass is 9.96. The Labute approximate surface area is 141 Å². The van der Waals surface area contributed by atoms with E-state index in [9.17, 15) is 4.79 Å². The van der Waals surface area contributed by atoms with Crippen molar-refractivity contribution in [1.82, 2.24) is 15.3 Å². The number of hydrogen-bond donors (Lipinski definition) is 1. The minimum atomic E-state index is -0.142. The summed E-state index contributed by atoms with van der Waals surface area (Å²) in [6.07, 6.45) is 2.49. The lowest BCUT2D eigenvalue weighted by molar-refractivity contribution is 0.0937. The first-order chi connectivity index (χ1) is 11.5. The Balaban J connectivity index is 1.60. The van der Waals surface area contributed by atoms with Gasteiger partial charge in [-0.15, -0.1) is 0 Å². The number of carbonyl (C=O) groups excluding carboxylic acids is 1. The Bertz CT molecular complexity index is 746. The molecule has 0 fully saturated rings. The van der Waals surface area contributed by atoms with Crippen molar-refractivity contribution in [2.24, 2.45) is 5.92 Å². The molecule has 2 heterocycles. The van der Waals surface area contributed by atoms with E-state index in [0.29, 0.717) is 30.4 Å². The molecular formula is C18H22N4O2. The van der Waals surface area contributed by atoms with E-state index in [2.05, 4.69) is 21.4 Å². The van der Waals surface area contributed by atoms with Gasteiger partial charge in [-0.2, -0.15) is 0 Å². The second-order valence-corrected chi connectivity index (χ2v) is 6.26. The number of fused-ring (bicyclic) bond motifs is 1. The molecule has 0 saturated carbocycles. The second kappa shape index (κ2) is 6.86. The van der Waals surface area contributed by atoms with E-state index in [-0.39, 0.29) is 11.8 Å². The van der Waals surface area contributed by atoms with Crippen molar-refractivity contribution >= 4 is 11.9 Å². The number of hydrogen-bond acceptors (Lipinski definition) is 5. The fourth-order valence-electron chi connectivity index (χ4n) is 2.75. The van der Waals surface area contributed by atoms with E-state index < -0.39 is 0 Å². The van der Waals surface area contributed by atoms with Crippen molar-refractivity contribution in [3.8, 4) is 5.75 Å². The highest BCUT2D eigenvalue weighted by molar-refractivity contribution is 5.95. The van der Waals surface area contributed by atoms with Crippen LogP contribution in [0.25, 0.3) is 0 Å². The lowest BCUT2D eigenvalue weighted by Gasteiger charge is -2.25. The average molecular weight is 326 g/mol. The SMILES string of the molecule is Cc1nc(N(C)C)ncc1C(=O)NC[C@H]1COc2ccccc2C1. The van der Waals surface area contributed by atoms with Gasteiger partial charge in [0, 0.05) is 32.8 Å². The van der Waals surface area contributed by atoms with Gasteiger partial charge in [-0.3, -0.25) is 4.79 Å². The molecule has 1 aliphatic heterocycles. The second-order valence-electron chi connectivity index (χ2n) is 6.26. The molecule has 2 aromatic rings. The predicted octanol–water partition coefficient (Wildman–Crippen LogP) is 1.83. The zero-order chi connectivity index (χ0) is 17.1. The van der Waals surface area contributed by atoms with E-state index in [0.717, 1.165) is 12.2 Å². The largest absolute Gasteiger partial charge is 0.493 e. The van der Waals surface area contributed by atoms with Crippen LogP contribution in [0, 0.1) is 12.8 Å². The molecule has 6 heteroatoms. The molecule has 1 atom stereocenters.